The largest absolute Gasteiger partial charge is 0.399 e. The number of hydrogen-bond donors (Lipinski definition) is 1. The third-order valence-corrected chi connectivity index (χ3v) is 3.91. The standard InChI is InChI=1S/C18H24N2/c1-4-14(2)16-7-11-18(12-8-16)20(3)13-15-5-9-17(19)10-6-15/h5-12,14H,4,13,19H2,1-3H3. The predicted octanol–water partition coefficient (Wildman–Crippen LogP) is 4.42. The van der Waals surface area contributed by atoms with Gasteiger partial charge in [0.05, 0.1) is 0 Å². The number of benzene rings is 2. The number of hydrogen-bond acceptors (Lipinski definition) is 2. The molecule has 0 saturated heterocycles. The van der Waals surface area contributed by atoms with Gasteiger partial charge in [0.25, 0.3) is 0 Å². The number of nitrogen functional groups attached to an aromatic ring is 1. The molecule has 20 heavy (non-hydrogen) atoms. The fourth-order valence-corrected chi connectivity index (χ4v) is 2.28. The molecule has 106 valence electrons. The van der Waals surface area contributed by atoms with Crippen molar-refractivity contribution in [3.05, 3.63) is 59.7 Å². The average Bonchev–Trinajstić information content (AvgIpc) is 2.49. The van der Waals surface area contributed by atoms with Crippen molar-refractivity contribution in [1.82, 2.24) is 0 Å². The summed E-state index contributed by atoms with van der Waals surface area (Å²) in [7, 11) is 2.12. The molecular weight excluding hydrogens is 244 g/mol. The third-order valence-electron chi connectivity index (χ3n) is 3.91. The van der Waals surface area contributed by atoms with Crippen LogP contribution >= 0.6 is 0 Å². The van der Waals surface area contributed by atoms with E-state index in [-0.39, 0.29) is 0 Å². The molecule has 2 aromatic rings. The second-order valence-electron chi connectivity index (χ2n) is 5.50. The molecule has 2 rings (SSSR count). The molecule has 0 saturated carbocycles. The van der Waals surface area contributed by atoms with Crippen LogP contribution in [0.15, 0.2) is 48.5 Å². The van der Waals surface area contributed by atoms with Crippen LogP contribution in [0.5, 0.6) is 0 Å². The Bertz CT molecular complexity index is 528. The lowest BCUT2D eigenvalue weighted by atomic mass is 9.98. The fraction of sp³-hybridized carbons (Fsp3) is 0.333. The second-order valence-corrected chi connectivity index (χ2v) is 5.50. The van der Waals surface area contributed by atoms with Gasteiger partial charge in [-0.15, -0.1) is 0 Å². The highest BCUT2D eigenvalue weighted by Gasteiger charge is 2.05. The van der Waals surface area contributed by atoms with E-state index in [4.69, 9.17) is 5.73 Å². The van der Waals surface area contributed by atoms with Gasteiger partial charge in [0.2, 0.25) is 0 Å². The van der Waals surface area contributed by atoms with Gasteiger partial charge in [-0.25, -0.2) is 0 Å². The average molecular weight is 268 g/mol. The van der Waals surface area contributed by atoms with Crippen molar-refractivity contribution >= 4 is 11.4 Å². The molecule has 0 aliphatic rings. The molecule has 2 aromatic carbocycles. The molecule has 0 fully saturated rings. The molecule has 2 nitrogen and oxygen atoms in total. The van der Waals surface area contributed by atoms with Crippen molar-refractivity contribution in [2.24, 2.45) is 0 Å². The Morgan fingerprint density at radius 1 is 1.00 bits per heavy atom. The van der Waals surface area contributed by atoms with E-state index in [0.717, 1.165) is 12.2 Å². The van der Waals surface area contributed by atoms with E-state index in [1.54, 1.807) is 0 Å². The minimum absolute atomic E-state index is 0.631. The summed E-state index contributed by atoms with van der Waals surface area (Å²) in [5.74, 6) is 0.631. The van der Waals surface area contributed by atoms with Crippen molar-refractivity contribution in [3.63, 3.8) is 0 Å². The van der Waals surface area contributed by atoms with Gasteiger partial charge in [-0.05, 0) is 47.7 Å². The molecule has 0 heterocycles. The second kappa shape index (κ2) is 6.47. The first-order chi connectivity index (χ1) is 9.60. The number of rotatable bonds is 5. The smallest absolute Gasteiger partial charge is 0.0426 e. The van der Waals surface area contributed by atoms with Crippen LogP contribution in [-0.4, -0.2) is 7.05 Å². The molecular formula is C18H24N2. The van der Waals surface area contributed by atoms with E-state index < -0.39 is 0 Å². The summed E-state index contributed by atoms with van der Waals surface area (Å²) >= 11 is 0. The summed E-state index contributed by atoms with van der Waals surface area (Å²) in [6, 6.07) is 17.0. The van der Waals surface area contributed by atoms with Crippen molar-refractivity contribution in [2.75, 3.05) is 17.7 Å². The summed E-state index contributed by atoms with van der Waals surface area (Å²) in [4.78, 5) is 2.26. The Kier molecular flexibility index (Phi) is 4.67. The van der Waals surface area contributed by atoms with Gasteiger partial charge in [0, 0.05) is 25.0 Å². The van der Waals surface area contributed by atoms with Crippen LogP contribution in [0.4, 0.5) is 11.4 Å². The highest BCUT2D eigenvalue weighted by atomic mass is 15.1. The highest BCUT2D eigenvalue weighted by molar-refractivity contribution is 5.48. The van der Waals surface area contributed by atoms with Crippen LogP contribution in [0.3, 0.4) is 0 Å². The predicted molar refractivity (Wildman–Crippen MR) is 88.1 cm³/mol. The van der Waals surface area contributed by atoms with Crippen molar-refractivity contribution in [1.29, 1.82) is 0 Å². The first-order valence-corrected chi connectivity index (χ1v) is 7.25. The Morgan fingerprint density at radius 3 is 2.15 bits per heavy atom. The molecule has 0 radical (unpaired) electrons. The molecule has 0 spiro atoms. The molecule has 1 unspecified atom stereocenters. The summed E-state index contributed by atoms with van der Waals surface area (Å²) in [6.07, 6.45) is 1.18. The van der Waals surface area contributed by atoms with E-state index in [1.807, 2.05) is 12.1 Å². The van der Waals surface area contributed by atoms with E-state index in [1.165, 1.54) is 23.2 Å². The fourth-order valence-electron chi connectivity index (χ4n) is 2.28. The minimum atomic E-state index is 0.631. The zero-order chi connectivity index (χ0) is 14.5. The minimum Gasteiger partial charge on any atom is -0.399 e. The van der Waals surface area contributed by atoms with Gasteiger partial charge < -0.3 is 10.6 Å². The number of nitrogens with two attached hydrogens (primary N) is 1. The Morgan fingerprint density at radius 2 is 1.60 bits per heavy atom. The molecule has 0 aliphatic heterocycles. The maximum atomic E-state index is 5.71. The molecule has 2 N–H and O–H groups in total. The van der Waals surface area contributed by atoms with Gasteiger partial charge in [-0.1, -0.05) is 38.1 Å². The van der Waals surface area contributed by atoms with E-state index in [2.05, 4.69) is 62.2 Å². The molecule has 0 bridgehead atoms. The zero-order valence-corrected chi connectivity index (χ0v) is 12.6. The Balaban J connectivity index is 2.05. The number of anilines is 2. The first-order valence-electron chi connectivity index (χ1n) is 7.25. The van der Waals surface area contributed by atoms with Gasteiger partial charge in [0.1, 0.15) is 0 Å². The van der Waals surface area contributed by atoms with Crippen LogP contribution < -0.4 is 10.6 Å². The zero-order valence-electron chi connectivity index (χ0n) is 12.6. The summed E-state index contributed by atoms with van der Waals surface area (Å²) < 4.78 is 0. The van der Waals surface area contributed by atoms with Crippen LogP contribution in [0.25, 0.3) is 0 Å². The van der Waals surface area contributed by atoms with Gasteiger partial charge >= 0.3 is 0 Å². The maximum Gasteiger partial charge on any atom is 0.0426 e. The molecule has 0 aliphatic carbocycles. The summed E-state index contributed by atoms with van der Waals surface area (Å²) in [5, 5.41) is 0. The molecule has 0 aromatic heterocycles. The quantitative estimate of drug-likeness (QED) is 0.813. The molecule has 0 amide bonds. The summed E-state index contributed by atoms with van der Waals surface area (Å²) in [5.41, 5.74) is 10.5. The van der Waals surface area contributed by atoms with Gasteiger partial charge in [-0.2, -0.15) is 0 Å². The molecule has 2 heteroatoms. The van der Waals surface area contributed by atoms with Crippen LogP contribution in [0.1, 0.15) is 37.3 Å². The normalized spacial score (nSPS) is 12.2. The van der Waals surface area contributed by atoms with Crippen molar-refractivity contribution < 1.29 is 0 Å². The van der Waals surface area contributed by atoms with Crippen molar-refractivity contribution in [2.45, 2.75) is 32.7 Å². The maximum absolute atomic E-state index is 5.71. The lowest BCUT2D eigenvalue weighted by molar-refractivity contribution is 0.733. The van der Waals surface area contributed by atoms with Crippen LogP contribution in [0, 0.1) is 0 Å². The lowest BCUT2D eigenvalue weighted by Gasteiger charge is -2.20. The van der Waals surface area contributed by atoms with Crippen LogP contribution in [-0.2, 0) is 6.54 Å². The van der Waals surface area contributed by atoms with Crippen molar-refractivity contribution in [3.8, 4) is 0 Å². The topological polar surface area (TPSA) is 29.3 Å². The van der Waals surface area contributed by atoms with Gasteiger partial charge in [0.15, 0.2) is 0 Å². The van der Waals surface area contributed by atoms with E-state index in [9.17, 15) is 0 Å². The van der Waals surface area contributed by atoms with E-state index in [0.29, 0.717) is 5.92 Å². The Hall–Kier alpha value is -1.96. The highest BCUT2D eigenvalue weighted by Crippen LogP contribution is 2.22. The summed E-state index contributed by atoms with van der Waals surface area (Å²) in [6.45, 7) is 5.39. The number of nitrogens with zero attached hydrogens (tertiary/aromatic N) is 1. The molecule has 1 atom stereocenters. The van der Waals surface area contributed by atoms with E-state index >= 15 is 0 Å². The monoisotopic (exact) mass is 268 g/mol. The Labute approximate surface area is 122 Å². The first kappa shape index (κ1) is 14.4. The SMILES string of the molecule is CCC(C)c1ccc(N(C)Cc2ccc(N)cc2)cc1. The van der Waals surface area contributed by atoms with Crippen LogP contribution in [0.2, 0.25) is 0 Å². The lowest BCUT2D eigenvalue weighted by Crippen LogP contribution is -2.16. The third kappa shape index (κ3) is 3.53. The van der Waals surface area contributed by atoms with Gasteiger partial charge in [-0.3, -0.25) is 0 Å².